The van der Waals surface area contributed by atoms with E-state index in [2.05, 4.69) is 20.4 Å². The number of nitrogens with zero attached hydrogens (tertiary/aromatic N) is 4. The lowest BCUT2D eigenvalue weighted by Gasteiger charge is -2.12. The molecule has 0 aliphatic heterocycles. The van der Waals surface area contributed by atoms with E-state index in [4.69, 9.17) is 9.98 Å². The molecule has 2 aliphatic carbocycles. The fourth-order valence-electron chi connectivity index (χ4n) is 3.55. The molecule has 0 atom stereocenters. The van der Waals surface area contributed by atoms with Gasteiger partial charge >= 0.3 is 5.69 Å². The molecule has 2 aliphatic rings. The number of imidazole rings is 1. The largest absolute Gasteiger partial charge is 0.493 e. The summed E-state index contributed by atoms with van der Waals surface area (Å²) >= 11 is 0. The molecule has 140 valence electrons. The molecule has 5 rings (SSSR count). The molecule has 2 saturated carbocycles. The number of H-pyrrole nitrogens is 2. The molecule has 0 spiro atoms. The van der Waals surface area contributed by atoms with Crippen LogP contribution >= 0.6 is 0 Å². The van der Waals surface area contributed by atoms with Gasteiger partial charge in [-0.25, -0.2) is 9.78 Å². The second-order valence-corrected chi connectivity index (χ2v) is 7.31. The summed E-state index contributed by atoms with van der Waals surface area (Å²) in [5, 5.41) is 18.5. The van der Waals surface area contributed by atoms with Gasteiger partial charge in [-0.15, -0.1) is 0 Å². The van der Waals surface area contributed by atoms with Gasteiger partial charge in [-0.3, -0.25) is 9.98 Å². The third kappa shape index (κ3) is 3.20. The quantitative estimate of drug-likeness (QED) is 0.532. The van der Waals surface area contributed by atoms with E-state index >= 15 is 0 Å². The zero-order chi connectivity index (χ0) is 18.4. The predicted molar refractivity (Wildman–Crippen MR) is 99.3 cm³/mol. The van der Waals surface area contributed by atoms with Gasteiger partial charge in [-0.05, 0) is 31.8 Å². The molecule has 0 amide bonds. The van der Waals surface area contributed by atoms with Crippen molar-refractivity contribution in [1.82, 2.24) is 24.6 Å². The summed E-state index contributed by atoms with van der Waals surface area (Å²) in [5.41, 5.74) is 1.25. The fourth-order valence-corrected chi connectivity index (χ4v) is 3.55. The number of nitrogens with one attached hydrogen (secondary N) is 3. The fraction of sp³-hybridized carbons (Fsp3) is 0.444. The molecule has 27 heavy (non-hydrogen) atoms. The third-order valence-electron chi connectivity index (χ3n) is 5.08. The Morgan fingerprint density at radius 1 is 1.26 bits per heavy atom. The lowest BCUT2D eigenvalue weighted by atomic mass is 10.2. The molecule has 0 aromatic carbocycles. The second kappa shape index (κ2) is 6.26. The first-order valence-electron chi connectivity index (χ1n) is 9.38. The van der Waals surface area contributed by atoms with Gasteiger partial charge in [0.15, 0.2) is 11.1 Å². The highest BCUT2D eigenvalue weighted by Gasteiger charge is 2.21. The SMILES string of the molecule is O=c1[nH]c(O)c(/C=c2\cnn3c(=NC4CC4)cc(NC4CCCC4)nc23)[nH]1. The molecule has 9 heteroatoms. The summed E-state index contributed by atoms with van der Waals surface area (Å²) in [6.07, 6.45) is 10.3. The van der Waals surface area contributed by atoms with Gasteiger partial charge in [0.1, 0.15) is 11.5 Å². The minimum Gasteiger partial charge on any atom is -0.493 e. The Balaban J connectivity index is 1.66. The number of hydrogen-bond donors (Lipinski definition) is 4. The summed E-state index contributed by atoms with van der Waals surface area (Å²) in [4.78, 5) is 25.7. The van der Waals surface area contributed by atoms with E-state index in [9.17, 15) is 9.90 Å². The predicted octanol–water partition coefficient (Wildman–Crippen LogP) is 0.417. The molecular weight excluding hydrogens is 346 g/mol. The highest BCUT2D eigenvalue weighted by Crippen LogP contribution is 2.23. The van der Waals surface area contributed by atoms with Crippen LogP contribution in [-0.2, 0) is 0 Å². The van der Waals surface area contributed by atoms with Crippen molar-refractivity contribution < 1.29 is 5.11 Å². The Bertz CT molecular complexity index is 1160. The van der Waals surface area contributed by atoms with E-state index in [1.54, 1.807) is 16.8 Å². The standard InChI is InChI=1S/C18H21N7O2/c26-17-13(22-18(27)24-17)7-10-9-19-25-15(21-12-5-6-12)8-14(23-16(10)25)20-11-3-1-2-4-11/h7-9,11-12,20,26H,1-6H2,(H2,22,24,27)/b10-7+,21-15?. The lowest BCUT2D eigenvalue weighted by molar-refractivity contribution is 0.454. The summed E-state index contributed by atoms with van der Waals surface area (Å²) < 4.78 is 1.71. The summed E-state index contributed by atoms with van der Waals surface area (Å²) in [6.45, 7) is 0. The normalized spacial score (nSPS) is 19.4. The first kappa shape index (κ1) is 16.1. The van der Waals surface area contributed by atoms with E-state index in [0.717, 1.165) is 37.0 Å². The summed E-state index contributed by atoms with van der Waals surface area (Å²) in [5.74, 6) is 0.582. The highest BCUT2D eigenvalue weighted by molar-refractivity contribution is 5.58. The van der Waals surface area contributed by atoms with Crippen molar-refractivity contribution in [2.24, 2.45) is 4.99 Å². The molecule has 0 bridgehead atoms. The van der Waals surface area contributed by atoms with Crippen LogP contribution in [0.15, 0.2) is 22.1 Å². The van der Waals surface area contributed by atoms with Crippen molar-refractivity contribution in [1.29, 1.82) is 0 Å². The molecular formula is C18H21N7O2. The van der Waals surface area contributed by atoms with Crippen LogP contribution in [0.3, 0.4) is 0 Å². The topological polar surface area (TPSA) is 123 Å². The third-order valence-corrected chi connectivity index (χ3v) is 5.08. The van der Waals surface area contributed by atoms with Crippen molar-refractivity contribution in [2.75, 3.05) is 5.32 Å². The van der Waals surface area contributed by atoms with Gasteiger partial charge < -0.3 is 15.4 Å². The number of aromatic amines is 2. The maximum absolute atomic E-state index is 11.4. The zero-order valence-corrected chi connectivity index (χ0v) is 14.8. The molecule has 2 fully saturated rings. The van der Waals surface area contributed by atoms with Crippen LogP contribution in [-0.4, -0.2) is 41.8 Å². The Morgan fingerprint density at radius 2 is 2.07 bits per heavy atom. The Morgan fingerprint density at radius 3 is 2.78 bits per heavy atom. The minimum absolute atomic E-state index is 0.206. The Labute approximate surface area is 153 Å². The Hall–Kier alpha value is -3.10. The van der Waals surface area contributed by atoms with Gasteiger partial charge in [0.25, 0.3) is 0 Å². The maximum atomic E-state index is 11.4. The molecule has 3 heterocycles. The number of rotatable bonds is 4. The van der Waals surface area contributed by atoms with Crippen LogP contribution in [0.1, 0.15) is 44.2 Å². The number of fused-ring (bicyclic) bond motifs is 1. The van der Waals surface area contributed by atoms with Crippen LogP contribution < -0.4 is 21.7 Å². The first-order chi connectivity index (χ1) is 13.2. The number of anilines is 1. The van der Waals surface area contributed by atoms with Gasteiger partial charge in [0.05, 0.1) is 12.2 Å². The molecule has 4 N–H and O–H groups in total. The lowest BCUT2D eigenvalue weighted by Crippen LogP contribution is -2.23. The average Bonchev–Trinajstić information content (AvgIpc) is 3.01. The van der Waals surface area contributed by atoms with Gasteiger partial charge in [0.2, 0.25) is 5.88 Å². The summed E-state index contributed by atoms with van der Waals surface area (Å²) in [6, 6.07) is 2.75. The number of aromatic nitrogens is 5. The molecule has 0 unspecified atom stereocenters. The molecule has 0 saturated heterocycles. The van der Waals surface area contributed by atoms with Crippen LogP contribution in [0.5, 0.6) is 5.88 Å². The van der Waals surface area contributed by atoms with Crippen LogP contribution in [0.4, 0.5) is 5.82 Å². The molecule has 3 aromatic heterocycles. The Kier molecular flexibility index (Phi) is 3.73. The number of hydrogen-bond acceptors (Lipinski definition) is 6. The molecule has 0 radical (unpaired) electrons. The minimum atomic E-state index is -0.462. The second-order valence-electron chi connectivity index (χ2n) is 7.31. The van der Waals surface area contributed by atoms with E-state index < -0.39 is 5.69 Å². The van der Waals surface area contributed by atoms with Crippen molar-refractivity contribution in [3.63, 3.8) is 0 Å². The van der Waals surface area contributed by atoms with Crippen LogP contribution in [0, 0.1) is 0 Å². The van der Waals surface area contributed by atoms with Gasteiger partial charge in [-0.1, -0.05) is 12.8 Å². The van der Waals surface area contributed by atoms with Crippen molar-refractivity contribution in [3.05, 3.63) is 39.1 Å². The summed E-state index contributed by atoms with van der Waals surface area (Å²) in [7, 11) is 0. The van der Waals surface area contributed by atoms with Gasteiger partial charge in [0, 0.05) is 17.3 Å². The maximum Gasteiger partial charge on any atom is 0.326 e. The van der Waals surface area contributed by atoms with E-state index in [-0.39, 0.29) is 5.88 Å². The van der Waals surface area contributed by atoms with E-state index in [1.165, 1.54) is 12.8 Å². The van der Waals surface area contributed by atoms with E-state index in [0.29, 0.717) is 28.6 Å². The van der Waals surface area contributed by atoms with Gasteiger partial charge in [-0.2, -0.15) is 9.61 Å². The van der Waals surface area contributed by atoms with Crippen LogP contribution in [0.2, 0.25) is 0 Å². The average molecular weight is 367 g/mol. The van der Waals surface area contributed by atoms with E-state index in [1.807, 2.05) is 6.07 Å². The molecule has 9 nitrogen and oxygen atoms in total. The highest BCUT2D eigenvalue weighted by atomic mass is 16.3. The number of aromatic hydroxyl groups is 1. The van der Waals surface area contributed by atoms with Crippen molar-refractivity contribution in [3.8, 4) is 5.88 Å². The molecule has 3 aromatic rings. The first-order valence-corrected chi connectivity index (χ1v) is 9.38. The van der Waals surface area contributed by atoms with Crippen molar-refractivity contribution >= 4 is 17.5 Å². The zero-order valence-electron chi connectivity index (χ0n) is 14.8. The van der Waals surface area contributed by atoms with Crippen LogP contribution in [0.25, 0.3) is 11.7 Å². The smallest absolute Gasteiger partial charge is 0.326 e. The monoisotopic (exact) mass is 367 g/mol. The van der Waals surface area contributed by atoms with Crippen molar-refractivity contribution in [2.45, 2.75) is 50.6 Å².